The molecule has 108 valence electrons. The van der Waals surface area contributed by atoms with Crippen LogP contribution in [0.3, 0.4) is 0 Å². The molecule has 0 heterocycles. The summed E-state index contributed by atoms with van der Waals surface area (Å²) in [6, 6.07) is 3.93. The lowest BCUT2D eigenvalue weighted by Gasteiger charge is -2.14. The van der Waals surface area contributed by atoms with Crippen LogP contribution in [0.15, 0.2) is 27.6 Å². The van der Waals surface area contributed by atoms with Crippen molar-refractivity contribution >= 4 is 41.6 Å². The number of benzene rings is 1. The second-order valence-electron chi connectivity index (χ2n) is 4.10. The zero-order valence-electron chi connectivity index (χ0n) is 10.7. The van der Waals surface area contributed by atoms with Gasteiger partial charge in [0.1, 0.15) is 0 Å². The Labute approximate surface area is 131 Å². The van der Waals surface area contributed by atoms with E-state index in [1.807, 2.05) is 6.92 Å². The van der Waals surface area contributed by atoms with E-state index in [2.05, 4.69) is 27.2 Å². The first kappa shape index (κ1) is 17.0. The molecule has 1 N–H and O–H groups in total. The Kier molecular flexibility index (Phi) is 6.06. The Hall–Kier alpha value is -1.03. The molecule has 0 aliphatic rings. The van der Waals surface area contributed by atoms with E-state index in [1.54, 1.807) is 0 Å². The molecule has 0 saturated heterocycles. The summed E-state index contributed by atoms with van der Waals surface area (Å²) in [5.41, 5.74) is 0.203. The molecule has 0 aromatic heterocycles. The van der Waals surface area contributed by atoms with Gasteiger partial charge in [-0.2, -0.15) is 0 Å². The van der Waals surface area contributed by atoms with Crippen molar-refractivity contribution in [3.63, 3.8) is 0 Å². The summed E-state index contributed by atoms with van der Waals surface area (Å²) in [5, 5.41) is 2.75. The average Bonchev–Trinajstić information content (AvgIpc) is 2.36. The molecule has 7 heteroatoms. The third-order valence-electron chi connectivity index (χ3n) is 2.61. The molecule has 1 atom stereocenters. The molecule has 0 bridgehead atoms. The monoisotopic (exact) mass is 377 g/mol. The molecule has 1 aromatic carbocycles. The van der Waals surface area contributed by atoms with Gasteiger partial charge in [0.05, 0.1) is 4.90 Å². The summed E-state index contributed by atoms with van der Waals surface area (Å²) in [5.74, 6) is 2.09. The molecule has 0 spiro atoms. The van der Waals surface area contributed by atoms with Crippen LogP contribution < -0.4 is 5.32 Å². The second-order valence-corrected chi connectivity index (χ2v) is 7.58. The van der Waals surface area contributed by atoms with Gasteiger partial charge in [0.2, 0.25) is 0 Å². The van der Waals surface area contributed by atoms with Gasteiger partial charge in [-0.05, 0) is 24.6 Å². The summed E-state index contributed by atoms with van der Waals surface area (Å²) in [7, 11) is 1.39. The smallest absolute Gasteiger partial charge is 0.261 e. The van der Waals surface area contributed by atoms with Crippen molar-refractivity contribution in [2.45, 2.75) is 30.7 Å². The number of carbonyl (C=O) groups excluding carboxylic acids is 1. The van der Waals surface area contributed by atoms with Crippen molar-refractivity contribution in [1.29, 1.82) is 0 Å². The van der Waals surface area contributed by atoms with E-state index in [0.29, 0.717) is 17.3 Å². The number of rotatable bonds is 5. The third-order valence-corrected chi connectivity index (χ3v) is 4.40. The van der Waals surface area contributed by atoms with Crippen LogP contribution in [-0.2, 0) is 9.05 Å². The van der Waals surface area contributed by atoms with Crippen LogP contribution in [0.5, 0.6) is 0 Å². The minimum Gasteiger partial charge on any atom is -0.348 e. The van der Waals surface area contributed by atoms with E-state index in [9.17, 15) is 13.2 Å². The standard InChI is InChI=1S/C13H13BrClNO3S/c1-3-5-11(4-2)16-13(17)9-6-10(14)8-12(7-9)20(15,18)19/h1,6-8,11H,4-5H2,2H3,(H,16,17). The van der Waals surface area contributed by atoms with Crippen LogP contribution in [0, 0.1) is 12.3 Å². The summed E-state index contributed by atoms with van der Waals surface area (Å²) in [4.78, 5) is 11.9. The number of hydrogen-bond donors (Lipinski definition) is 1. The van der Waals surface area contributed by atoms with Crippen LogP contribution in [0.2, 0.25) is 0 Å². The first-order valence-electron chi connectivity index (χ1n) is 5.77. The highest BCUT2D eigenvalue weighted by Crippen LogP contribution is 2.22. The highest BCUT2D eigenvalue weighted by atomic mass is 79.9. The molecule has 1 amide bonds. The van der Waals surface area contributed by atoms with Gasteiger partial charge in [0.25, 0.3) is 15.0 Å². The predicted molar refractivity (Wildman–Crippen MR) is 82.2 cm³/mol. The minimum absolute atomic E-state index is 0.135. The largest absolute Gasteiger partial charge is 0.348 e. The fourth-order valence-corrected chi connectivity index (χ4v) is 2.99. The topological polar surface area (TPSA) is 63.2 Å². The van der Waals surface area contributed by atoms with Crippen LogP contribution >= 0.6 is 26.6 Å². The van der Waals surface area contributed by atoms with Crippen molar-refractivity contribution in [1.82, 2.24) is 5.32 Å². The highest BCUT2D eigenvalue weighted by Gasteiger charge is 2.17. The van der Waals surface area contributed by atoms with E-state index in [0.717, 1.165) is 0 Å². The molecule has 4 nitrogen and oxygen atoms in total. The summed E-state index contributed by atoms with van der Waals surface area (Å²) < 4.78 is 23.1. The summed E-state index contributed by atoms with van der Waals surface area (Å²) in [6.07, 6.45) is 6.32. The number of amides is 1. The molecular weight excluding hydrogens is 366 g/mol. The normalized spacial score (nSPS) is 12.5. The maximum atomic E-state index is 12.1. The first-order valence-corrected chi connectivity index (χ1v) is 8.87. The van der Waals surface area contributed by atoms with Crippen LogP contribution in [-0.4, -0.2) is 20.4 Å². The zero-order valence-corrected chi connectivity index (χ0v) is 13.8. The van der Waals surface area contributed by atoms with E-state index in [1.165, 1.54) is 18.2 Å². The average molecular weight is 379 g/mol. The van der Waals surface area contributed by atoms with E-state index in [-0.39, 0.29) is 16.5 Å². The highest BCUT2D eigenvalue weighted by molar-refractivity contribution is 9.10. The third kappa shape index (κ3) is 4.82. The molecule has 0 aliphatic heterocycles. The van der Waals surface area contributed by atoms with Crippen LogP contribution in [0.1, 0.15) is 30.1 Å². The molecule has 0 radical (unpaired) electrons. The zero-order chi connectivity index (χ0) is 15.3. The van der Waals surface area contributed by atoms with Crippen molar-refractivity contribution in [3.05, 3.63) is 28.2 Å². The van der Waals surface area contributed by atoms with Gasteiger partial charge >= 0.3 is 0 Å². The van der Waals surface area contributed by atoms with Crippen molar-refractivity contribution < 1.29 is 13.2 Å². The number of terminal acetylenes is 1. The van der Waals surface area contributed by atoms with Crippen molar-refractivity contribution in [2.24, 2.45) is 0 Å². The lowest BCUT2D eigenvalue weighted by atomic mass is 10.1. The van der Waals surface area contributed by atoms with Gasteiger partial charge < -0.3 is 5.32 Å². The van der Waals surface area contributed by atoms with E-state index in [4.69, 9.17) is 17.1 Å². The Balaban J connectivity index is 3.05. The minimum atomic E-state index is -3.90. The molecule has 1 unspecified atom stereocenters. The predicted octanol–water partition coefficient (Wildman–Crippen LogP) is 2.91. The van der Waals surface area contributed by atoms with Crippen LogP contribution in [0.25, 0.3) is 0 Å². The number of hydrogen-bond acceptors (Lipinski definition) is 3. The molecule has 20 heavy (non-hydrogen) atoms. The Morgan fingerprint density at radius 3 is 2.65 bits per heavy atom. The van der Waals surface area contributed by atoms with E-state index >= 15 is 0 Å². The van der Waals surface area contributed by atoms with Gasteiger partial charge in [-0.25, -0.2) is 8.42 Å². The summed E-state index contributed by atoms with van der Waals surface area (Å²) in [6.45, 7) is 1.90. The van der Waals surface area contributed by atoms with Crippen molar-refractivity contribution in [3.8, 4) is 12.3 Å². The van der Waals surface area contributed by atoms with E-state index < -0.39 is 15.0 Å². The van der Waals surface area contributed by atoms with Gasteiger partial charge in [0.15, 0.2) is 0 Å². The van der Waals surface area contributed by atoms with Crippen molar-refractivity contribution in [2.75, 3.05) is 0 Å². The SMILES string of the molecule is C#CCC(CC)NC(=O)c1cc(Br)cc(S(=O)(=O)Cl)c1. The number of halogens is 2. The van der Waals surface area contributed by atoms with Gasteiger partial charge in [-0.3, -0.25) is 4.79 Å². The lowest BCUT2D eigenvalue weighted by Crippen LogP contribution is -2.34. The fraction of sp³-hybridized carbons (Fsp3) is 0.308. The molecule has 0 saturated carbocycles. The van der Waals surface area contributed by atoms with Crippen LogP contribution in [0.4, 0.5) is 0 Å². The quantitative estimate of drug-likeness (QED) is 0.633. The lowest BCUT2D eigenvalue weighted by molar-refractivity contribution is 0.0936. The van der Waals surface area contributed by atoms with Gasteiger partial charge in [-0.15, -0.1) is 12.3 Å². The Morgan fingerprint density at radius 1 is 1.50 bits per heavy atom. The first-order chi connectivity index (χ1) is 9.27. The maximum absolute atomic E-state index is 12.1. The number of nitrogens with one attached hydrogen (secondary N) is 1. The molecule has 1 aromatic rings. The fourth-order valence-electron chi connectivity index (χ4n) is 1.54. The second kappa shape index (κ2) is 7.11. The van der Waals surface area contributed by atoms with Gasteiger partial charge in [-0.1, -0.05) is 22.9 Å². The molecule has 0 aliphatic carbocycles. The Morgan fingerprint density at radius 2 is 2.15 bits per heavy atom. The number of carbonyl (C=O) groups is 1. The van der Waals surface area contributed by atoms with Gasteiger partial charge in [0, 0.05) is 33.2 Å². The molecule has 1 rings (SSSR count). The molecular formula is C13H13BrClNO3S. The molecule has 0 fully saturated rings. The Bertz CT molecular complexity index is 652. The summed E-state index contributed by atoms with van der Waals surface area (Å²) >= 11 is 3.15. The maximum Gasteiger partial charge on any atom is 0.261 e.